The van der Waals surface area contributed by atoms with E-state index in [4.69, 9.17) is 16.3 Å². The summed E-state index contributed by atoms with van der Waals surface area (Å²) < 4.78 is 5.20. The molecule has 2 aromatic carbocycles. The zero-order valence-electron chi connectivity index (χ0n) is 13.3. The standard InChI is InChI=1S/C18H20ClNO2S/c1-13-11-15(5-8-17(13)22-2)18(21)20-9-10-23-12-14-3-6-16(19)7-4-14/h3-8,11H,9-10,12H2,1-2H3,(H,20,21). The van der Waals surface area contributed by atoms with Gasteiger partial charge in [0.25, 0.3) is 5.91 Å². The Morgan fingerprint density at radius 3 is 2.61 bits per heavy atom. The number of methoxy groups -OCH3 is 1. The maximum atomic E-state index is 12.1. The minimum Gasteiger partial charge on any atom is -0.496 e. The van der Waals surface area contributed by atoms with Crippen molar-refractivity contribution >= 4 is 29.3 Å². The molecule has 0 atom stereocenters. The Bertz CT molecular complexity index is 659. The zero-order chi connectivity index (χ0) is 16.7. The molecule has 1 amide bonds. The lowest BCUT2D eigenvalue weighted by atomic mass is 10.1. The number of benzene rings is 2. The number of carbonyl (C=O) groups excluding carboxylic acids is 1. The Hall–Kier alpha value is -1.65. The van der Waals surface area contributed by atoms with Crippen LogP contribution in [0.2, 0.25) is 5.02 Å². The molecular formula is C18H20ClNO2S. The molecule has 0 aliphatic rings. The SMILES string of the molecule is COc1ccc(C(=O)NCCSCc2ccc(Cl)cc2)cc1C. The number of thioether (sulfide) groups is 1. The molecule has 0 aliphatic heterocycles. The molecule has 122 valence electrons. The summed E-state index contributed by atoms with van der Waals surface area (Å²) in [5.41, 5.74) is 2.85. The number of ether oxygens (including phenoxy) is 1. The number of amides is 1. The van der Waals surface area contributed by atoms with E-state index in [1.54, 1.807) is 24.9 Å². The number of rotatable bonds is 7. The van der Waals surface area contributed by atoms with Gasteiger partial charge in [-0.25, -0.2) is 0 Å². The minimum atomic E-state index is -0.0529. The van der Waals surface area contributed by atoms with Crippen molar-refractivity contribution < 1.29 is 9.53 Å². The third-order valence-electron chi connectivity index (χ3n) is 3.37. The second-order valence-electron chi connectivity index (χ2n) is 5.12. The predicted octanol–water partition coefficient (Wildman–Crippen LogP) is 4.32. The van der Waals surface area contributed by atoms with Crippen molar-refractivity contribution in [1.82, 2.24) is 5.32 Å². The molecule has 5 heteroatoms. The summed E-state index contributed by atoms with van der Waals surface area (Å²) >= 11 is 7.64. The highest BCUT2D eigenvalue weighted by molar-refractivity contribution is 7.98. The van der Waals surface area contributed by atoms with Crippen LogP contribution in [-0.2, 0) is 5.75 Å². The molecular weight excluding hydrogens is 330 g/mol. The molecule has 0 saturated carbocycles. The van der Waals surface area contributed by atoms with E-state index in [1.165, 1.54) is 5.56 Å². The quantitative estimate of drug-likeness (QED) is 0.756. The van der Waals surface area contributed by atoms with Crippen LogP contribution in [0.3, 0.4) is 0 Å². The van der Waals surface area contributed by atoms with Crippen LogP contribution in [0.4, 0.5) is 0 Å². The Morgan fingerprint density at radius 1 is 1.22 bits per heavy atom. The van der Waals surface area contributed by atoms with Gasteiger partial charge in [-0.15, -0.1) is 0 Å². The van der Waals surface area contributed by atoms with Crippen LogP contribution in [0.25, 0.3) is 0 Å². The Balaban J connectivity index is 1.72. The van der Waals surface area contributed by atoms with Crippen molar-refractivity contribution in [2.75, 3.05) is 19.4 Å². The monoisotopic (exact) mass is 349 g/mol. The van der Waals surface area contributed by atoms with Gasteiger partial charge in [-0.1, -0.05) is 23.7 Å². The smallest absolute Gasteiger partial charge is 0.251 e. The third-order valence-corrected chi connectivity index (χ3v) is 4.65. The first-order valence-corrected chi connectivity index (χ1v) is 8.88. The van der Waals surface area contributed by atoms with Crippen molar-refractivity contribution in [3.8, 4) is 5.75 Å². The van der Waals surface area contributed by atoms with Crippen molar-refractivity contribution in [1.29, 1.82) is 0 Å². The first-order valence-electron chi connectivity index (χ1n) is 7.35. The van der Waals surface area contributed by atoms with Gasteiger partial charge in [0, 0.05) is 28.6 Å². The van der Waals surface area contributed by atoms with E-state index >= 15 is 0 Å². The van der Waals surface area contributed by atoms with Crippen LogP contribution in [-0.4, -0.2) is 25.3 Å². The number of carbonyl (C=O) groups is 1. The van der Waals surface area contributed by atoms with Gasteiger partial charge in [-0.2, -0.15) is 11.8 Å². The maximum absolute atomic E-state index is 12.1. The summed E-state index contributed by atoms with van der Waals surface area (Å²) in [5.74, 6) is 2.51. The van der Waals surface area contributed by atoms with Crippen molar-refractivity contribution in [3.05, 3.63) is 64.2 Å². The molecule has 0 aromatic heterocycles. The molecule has 1 N–H and O–H groups in total. The van der Waals surface area contributed by atoms with Crippen LogP contribution in [0.1, 0.15) is 21.5 Å². The first-order chi connectivity index (χ1) is 11.1. The average molecular weight is 350 g/mol. The molecule has 0 saturated heterocycles. The fourth-order valence-electron chi connectivity index (χ4n) is 2.13. The van der Waals surface area contributed by atoms with E-state index in [0.717, 1.165) is 27.8 Å². The fourth-order valence-corrected chi connectivity index (χ4v) is 3.07. The number of hydrogen-bond donors (Lipinski definition) is 1. The van der Waals surface area contributed by atoms with Crippen LogP contribution < -0.4 is 10.1 Å². The third kappa shape index (κ3) is 5.48. The first kappa shape index (κ1) is 17.7. The Labute approximate surface area is 146 Å². The van der Waals surface area contributed by atoms with E-state index in [-0.39, 0.29) is 5.91 Å². The average Bonchev–Trinajstić information content (AvgIpc) is 2.56. The summed E-state index contributed by atoms with van der Waals surface area (Å²) in [6.45, 7) is 2.57. The van der Waals surface area contributed by atoms with Gasteiger partial charge in [0.2, 0.25) is 0 Å². The zero-order valence-corrected chi connectivity index (χ0v) is 14.8. The highest BCUT2D eigenvalue weighted by Crippen LogP contribution is 2.18. The number of aryl methyl sites for hydroxylation is 1. The molecule has 23 heavy (non-hydrogen) atoms. The molecule has 0 spiro atoms. The van der Waals surface area contributed by atoms with Crippen molar-refractivity contribution in [3.63, 3.8) is 0 Å². The molecule has 0 aliphatic carbocycles. The second-order valence-corrected chi connectivity index (χ2v) is 6.66. The molecule has 0 radical (unpaired) electrons. The lowest BCUT2D eigenvalue weighted by molar-refractivity contribution is 0.0956. The highest BCUT2D eigenvalue weighted by Gasteiger charge is 2.07. The lowest BCUT2D eigenvalue weighted by Crippen LogP contribution is -2.25. The molecule has 2 aromatic rings. The summed E-state index contributed by atoms with van der Waals surface area (Å²) in [6.07, 6.45) is 0. The number of halogens is 1. The van der Waals surface area contributed by atoms with E-state index < -0.39 is 0 Å². The van der Waals surface area contributed by atoms with Gasteiger partial charge >= 0.3 is 0 Å². The van der Waals surface area contributed by atoms with Crippen molar-refractivity contribution in [2.24, 2.45) is 0 Å². The highest BCUT2D eigenvalue weighted by atomic mass is 35.5. The van der Waals surface area contributed by atoms with E-state index in [2.05, 4.69) is 5.32 Å². The summed E-state index contributed by atoms with van der Waals surface area (Å²) in [4.78, 5) is 12.1. The Kier molecular flexibility index (Phi) is 6.81. The largest absolute Gasteiger partial charge is 0.496 e. The molecule has 0 unspecified atom stereocenters. The summed E-state index contributed by atoms with van der Waals surface area (Å²) in [6, 6.07) is 13.3. The van der Waals surface area contributed by atoms with Gasteiger partial charge < -0.3 is 10.1 Å². The maximum Gasteiger partial charge on any atom is 0.251 e. The van der Waals surface area contributed by atoms with E-state index in [1.807, 2.05) is 43.3 Å². The summed E-state index contributed by atoms with van der Waals surface area (Å²) in [7, 11) is 1.62. The van der Waals surface area contributed by atoms with Gasteiger partial charge in [0.15, 0.2) is 0 Å². The molecule has 0 fully saturated rings. The molecule has 3 nitrogen and oxygen atoms in total. The summed E-state index contributed by atoms with van der Waals surface area (Å²) in [5, 5.41) is 3.69. The van der Waals surface area contributed by atoms with Crippen LogP contribution >= 0.6 is 23.4 Å². The van der Waals surface area contributed by atoms with Gasteiger partial charge in [0.05, 0.1) is 7.11 Å². The second kappa shape index (κ2) is 8.85. The van der Waals surface area contributed by atoms with Gasteiger partial charge in [-0.3, -0.25) is 4.79 Å². The van der Waals surface area contributed by atoms with Crippen LogP contribution in [0, 0.1) is 6.92 Å². The normalized spacial score (nSPS) is 10.4. The van der Waals surface area contributed by atoms with Crippen LogP contribution in [0.15, 0.2) is 42.5 Å². The van der Waals surface area contributed by atoms with Gasteiger partial charge in [-0.05, 0) is 48.4 Å². The Morgan fingerprint density at radius 2 is 1.96 bits per heavy atom. The van der Waals surface area contributed by atoms with E-state index in [9.17, 15) is 4.79 Å². The lowest BCUT2D eigenvalue weighted by Gasteiger charge is -2.08. The fraction of sp³-hybridized carbons (Fsp3) is 0.278. The number of nitrogens with one attached hydrogen (secondary N) is 1. The molecule has 0 heterocycles. The molecule has 0 bridgehead atoms. The van der Waals surface area contributed by atoms with Crippen molar-refractivity contribution in [2.45, 2.75) is 12.7 Å². The van der Waals surface area contributed by atoms with Gasteiger partial charge in [0.1, 0.15) is 5.75 Å². The van der Waals surface area contributed by atoms with E-state index in [0.29, 0.717) is 12.1 Å². The van der Waals surface area contributed by atoms with Crippen LogP contribution in [0.5, 0.6) is 5.75 Å². The minimum absolute atomic E-state index is 0.0529. The predicted molar refractivity (Wildman–Crippen MR) is 97.7 cm³/mol. The topological polar surface area (TPSA) is 38.3 Å². The molecule has 2 rings (SSSR count). The number of hydrogen-bond acceptors (Lipinski definition) is 3.